The Hall–Kier alpha value is -2.99. The van der Waals surface area contributed by atoms with Crippen LogP contribution in [0, 0.1) is 0 Å². The number of ether oxygens (including phenoxy) is 1. The smallest absolute Gasteiger partial charge is 0.328 e. The Kier molecular flexibility index (Phi) is 7.08. The van der Waals surface area contributed by atoms with Crippen LogP contribution in [0.2, 0.25) is 0 Å². The molecule has 0 unspecified atom stereocenters. The van der Waals surface area contributed by atoms with Crippen molar-refractivity contribution in [2.75, 3.05) is 19.7 Å². The molecule has 0 bridgehead atoms. The molecule has 33 heavy (non-hydrogen) atoms. The number of aliphatic hydroxyl groups is 1. The monoisotopic (exact) mass is 466 g/mol. The van der Waals surface area contributed by atoms with E-state index in [0.29, 0.717) is 32.4 Å². The highest BCUT2D eigenvalue weighted by molar-refractivity contribution is 5.87. The minimum Gasteiger partial charge on any atom is -0.481 e. The Morgan fingerprint density at radius 1 is 1.30 bits per heavy atom. The second-order valence-corrected chi connectivity index (χ2v) is 9.08. The number of hydrogen-bond acceptors (Lipinski definition) is 7. The van der Waals surface area contributed by atoms with Gasteiger partial charge in [0.2, 0.25) is 11.8 Å². The third kappa shape index (κ3) is 5.69. The molecule has 1 spiro atoms. The second kappa shape index (κ2) is 9.48. The fourth-order valence-electron chi connectivity index (χ4n) is 4.57. The number of rotatable bonds is 6. The Balaban J connectivity index is 1.72. The summed E-state index contributed by atoms with van der Waals surface area (Å²) in [4.78, 5) is 62.9. The van der Waals surface area contributed by atoms with E-state index < -0.39 is 46.4 Å². The molecule has 2 fully saturated rings. The van der Waals surface area contributed by atoms with Crippen LogP contribution >= 0.6 is 0 Å². The van der Waals surface area contributed by atoms with Crippen LogP contribution < -0.4 is 16.6 Å². The minimum atomic E-state index is -1.34. The number of carboxylic acids is 1. The molecule has 1 aromatic rings. The summed E-state index contributed by atoms with van der Waals surface area (Å²) in [6.45, 7) is 3.45. The summed E-state index contributed by atoms with van der Waals surface area (Å²) in [5, 5.41) is 22.3. The molecule has 0 aromatic carbocycles. The van der Waals surface area contributed by atoms with Crippen molar-refractivity contribution in [2.24, 2.45) is 0 Å². The zero-order valence-corrected chi connectivity index (χ0v) is 18.7. The quantitative estimate of drug-likeness (QED) is 0.413. The summed E-state index contributed by atoms with van der Waals surface area (Å²) in [6.07, 6.45) is 2.29. The number of aromatic amines is 1. The van der Waals surface area contributed by atoms with Crippen molar-refractivity contribution in [3.8, 4) is 0 Å². The van der Waals surface area contributed by atoms with Crippen LogP contribution in [-0.2, 0) is 19.1 Å². The molecule has 3 heterocycles. The number of aromatic nitrogens is 2. The van der Waals surface area contributed by atoms with Gasteiger partial charge in [0.1, 0.15) is 11.6 Å². The number of H-pyrrole nitrogens is 1. The summed E-state index contributed by atoms with van der Waals surface area (Å²) in [7, 11) is 0. The molecule has 1 aromatic heterocycles. The van der Waals surface area contributed by atoms with Gasteiger partial charge in [-0.25, -0.2) is 4.79 Å². The van der Waals surface area contributed by atoms with E-state index in [2.05, 4.69) is 10.3 Å². The van der Waals surface area contributed by atoms with Gasteiger partial charge in [-0.3, -0.25) is 28.7 Å². The van der Waals surface area contributed by atoms with Crippen molar-refractivity contribution in [3.63, 3.8) is 0 Å². The van der Waals surface area contributed by atoms with E-state index in [-0.39, 0.29) is 25.4 Å². The minimum absolute atomic E-state index is 0.00798. The fraction of sp³-hybridized carbons (Fsp3) is 0.667. The largest absolute Gasteiger partial charge is 0.481 e. The predicted octanol–water partition coefficient (Wildman–Crippen LogP) is -1.02. The van der Waals surface area contributed by atoms with Crippen LogP contribution in [0.15, 0.2) is 21.9 Å². The maximum Gasteiger partial charge on any atom is 0.328 e. The van der Waals surface area contributed by atoms with Crippen molar-refractivity contribution >= 4 is 17.8 Å². The van der Waals surface area contributed by atoms with Gasteiger partial charge in [-0.15, -0.1) is 0 Å². The number of piperidine rings is 1. The van der Waals surface area contributed by atoms with Crippen LogP contribution in [0.1, 0.15) is 52.0 Å². The van der Waals surface area contributed by atoms with Gasteiger partial charge in [-0.2, -0.15) is 0 Å². The first-order chi connectivity index (χ1) is 15.4. The molecule has 12 nitrogen and oxygen atoms in total. The SMILES string of the molecule is CC(=O)N[C@@H](CCC(=O)O)C(=O)N1CCC2(CC1)C[C@H](n1ccc(=O)[nH]c1=O)[C@@](C)(O)CO2. The topological polar surface area (TPSA) is 171 Å². The van der Waals surface area contributed by atoms with Crippen LogP contribution in [0.4, 0.5) is 0 Å². The van der Waals surface area contributed by atoms with Crippen LogP contribution in [0.5, 0.6) is 0 Å². The molecule has 0 aliphatic carbocycles. The lowest BCUT2D eigenvalue weighted by atomic mass is 9.77. The first kappa shape index (κ1) is 24.6. The summed E-state index contributed by atoms with van der Waals surface area (Å²) >= 11 is 0. The average molecular weight is 466 g/mol. The molecule has 4 N–H and O–H groups in total. The van der Waals surface area contributed by atoms with E-state index in [1.807, 2.05) is 0 Å². The van der Waals surface area contributed by atoms with Gasteiger partial charge in [0.15, 0.2) is 0 Å². The number of carbonyl (C=O) groups is 3. The highest BCUT2D eigenvalue weighted by Gasteiger charge is 2.50. The number of amides is 2. The van der Waals surface area contributed by atoms with Gasteiger partial charge in [-0.1, -0.05) is 0 Å². The molecule has 2 aliphatic heterocycles. The maximum atomic E-state index is 12.9. The fourth-order valence-corrected chi connectivity index (χ4v) is 4.57. The van der Waals surface area contributed by atoms with E-state index in [4.69, 9.17) is 9.84 Å². The highest BCUT2D eigenvalue weighted by Crippen LogP contribution is 2.43. The van der Waals surface area contributed by atoms with Gasteiger partial charge in [-0.05, 0) is 26.2 Å². The maximum absolute atomic E-state index is 12.9. The molecule has 2 amide bonds. The molecule has 12 heteroatoms. The summed E-state index contributed by atoms with van der Waals surface area (Å²) in [5.41, 5.74) is -3.16. The van der Waals surface area contributed by atoms with Gasteiger partial charge >= 0.3 is 11.7 Å². The number of likely N-dealkylation sites (tertiary alicyclic amines) is 1. The Morgan fingerprint density at radius 3 is 2.55 bits per heavy atom. The molecule has 3 rings (SSSR count). The van der Waals surface area contributed by atoms with Gasteiger partial charge < -0.3 is 25.2 Å². The molecule has 2 aliphatic rings. The first-order valence-corrected chi connectivity index (χ1v) is 10.9. The summed E-state index contributed by atoms with van der Waals surface area (Å²) < 4.78 is 7.35. The standard InChI is InChI=1S/C21H30N4O8/c1-13(26)22-14(3-4-17(28)29)18(30)24-9-6-21(7-10-24)11-15(20(2,32)12-33-21)25-8-5-16(27)23-19(25)31/h5,8,14-15,32H,3-4,6-7,9-12H2,1-2H3,(H,22,26)(H,28,29)(H,23,27,31)/t14-,15-,20-/m0/s1. The van der Waals surface area contributed by atoms with E-state index >= 15 is 0 Å². The Morgan fingerprint density at radius 2 is 1.97 bits per heavy atom. The van der Waals surface area contributed by atoms with E-state index in [1.54, 1.807) is 11.8 Å². The van der Waals surface area contributed by atoms with Crippen LogP contribution in [0.25, 0.3) is 0 Å². The lowest BCUT2D eigenvalue weighted by Gasteiger charge is -2.51. The number of carbonyl (C=O) groups excluding carboxylic acids is 2. The number of nitrogens with one attached hydrogen (secondary N) is 2. The molecule has 0 radical (unpaired) electrons. The van der Waals surface area contributed by atoms with Gasteiger partial charge in [0.05, 0.1) is 18.2 Å². The predicted molar refractivity (Wildman–Crippen MR) is 115 cm³/mol. The number of nitrogens with zero attached hydrogens (tertiary/aromatic N) is 2. The third-order valence-corrected chi connectivity index (χ3v) is 6.45. The number of aliphatic carboxylic acids is 1. The van der Waals surface area contributed by atoms with E-state index in [0.717, 1.165) is 0 Å². The Labute approximate surface area is 189 Å². The van der Waals surface area contributed by atoms with Crippen molar-refractivity contribution in [1.29, 1.82) is 0 Å². The molecular weight excluding hydrogens is 436 g/mol. The third-order valence-electron chi connectivity index (χ3n) is 6.45. The molecule has 182 valence electrons. The van der Waals surface area contributed by atoms with Gasteiger partial charge in [0.25, 0.3) is 5.56 Å². The molecule has 2 saturated heterocycles. The highest BCUT2D eigenvalue weighted by atomic mass is 16.5. The van der Waals surface area contributed by atoms with Crippen molar-refractivity contribution < 1.29 is 29.3 Å². The van der Waals surface area contributed by atoms with Gasteiger partial charge in [0, 0.05) is 45.1 Å². The summed E-state index contributed by atoms with van der Waals surface area (Å²) in [6, 6.07) is -0.339. The summed E-state index contributed by atoms with van der Waals surface area (Å²) in [5.74, 6) is -1.82. The number of carboxylic acid groups (broad SMARTS) is 1. The van der Waals surface area contributed by atoms with Crippen LogP contribution in [0.3, 0.4) is 0 Å². The normalized spacial score (nSPS) is 25.4. The second-order valence-electron chi connectivity index (χ2n) is 9.08. The van der Waals surface area contributed by atoms with E-state index in [1.165, 1.54) is 23.8 Å². The molecule has 0 saturated carbocycles. The average Bonchev–Trinajstić information content (AvgIpc) is 2.73. The number of hydrogen-bond donors (Lipinski definition) is 4. The molecule has 3 atom stereocenters. The zero-order chi connectivity index (χ0) is 24.4. The molecular formula is C21H30N4O8. The van der Waals surface area contributed by atoms with Crippen molar-refractivity contribution in [2.45, 2.75) is 69.2 Å². The van der Waals surface area contributed by atoms with Crippen molar-refractivity contribution in [1.82, 2.24) is 19.8 Å². The van der Waals surface area contributed by atoms with E-state index in [9.17, 15) is 29.1 Å². The zero-order valence-electron chi connectivity index (χ0n) is 18.7. The Bertz CT molecular complexity index is 1020. The van der Waals surface area contributed by atoms with Crippen molar-refractivity contribution in [3.05, 3.63) is 33.1 Å². The lowest BCUT2D eigenvalue weighted by Crippen LogP contribution is -2.60. The lowest BCUT2D eigenvalue weighted by molar-refractivity contribution is -0.202. The van der Waals surface area contributed by atoms with Crippen LogP contribution in [-0.4, -0.2) is 79.4 Å². The first-order valence-electron chi connectivity index (χ1n) is 10.9.